The third-order valence-corrected chi connectivity index (χ3v) is 6.18. The number of rotatable bonds is 5. The number of imidazole rings is 1. The van der Waals surface area contributed by atoms with E-state index in [2.05, 4.69) is 45.8 Å². The van der Waals surface area contributed by atoms with Gasteiger partial charge in [-0.05, 0) is 56.1 Å². The Morgan fingerprint density at radius 2 is 2.00 bits per heavy atom. The van der Waals surface area contributed by atoms with Crippen molar-refractivity contribution < 1.29 is 4.79 Å². The van der Waals surface area contributed by atoms with Crippen LogP contribution in [0.3, 0.4) is 0 Å². The van der Waals surface area contributed by atoms with E-state index >= 15 is 0 Å². The molecule has 1 amide bonds. The second-order valence-electron chi connectivity index (χ2n) is 8.56. The minimum atomic E-state index is 0.0184. The fourth-order valence-electron chi connectivity index (χ4n) is 4.42. The molecule has 0 aliphatic carbocycles. The number of nitrogens with zero attached hydrogens (tertiary/aromatic N) is 5. The number of nitrogens with one attached hydrogen (secondary N) is 4. The van der Waals surface area contributed by atoms with Crippen molar-refractivity contribution in [2.45, 2.75) is 19.3 Å². The van der Waals surface area contributed by atoms with Gasteiger partial charge in [-0.1, -0.05) is 0 Å². The third kappa shape index (κ3) is 3.99. The molecule has 1 saturated heterocycles. The number of carbonyl (C=O) groups excluding carboxylic acids is 1. The van der Waals surface area contributed by atoms with Crippen LogP contribution in [0.2, 0.25) is 0 Å². The maximum Gasteiger partial charge on any atom is 0.224 e. The van der Waals surface area contributed by atoms with E-state index in [0.29, 0.717) is 35.2 Å². The number of hydrogen-bond acceptors (Lipinski definition) is 7. The van der Waals surface area contributed by atoms with Gasteiger partial charge in [0, 0.05) is 29.8 Å². The van der Waals surface area contributed by atoms with Gasteiger partial charge in [0.05, 0.1) is 34.8 Å². The summed E-state index contributed by atoms with van der Waals surface area (Å²) in [6, 6.07) is 7.64. The molecule has 0 atom stereocenters. The fourth-order valence-corrected chi connectivity index (χ4v) is 4.42. The Balaban J connectivity index is 1.27. The van der Waals surface area contributed by atoms with Gasteiger partial charge in [-0.25, -0.2) is 9.97 Å². The molecule has 10 nitrogen and oxygen atoms in total. The van der Waals surface area contributed by atoms with Crippen LogP contribution < -0.4 is 10.6 Å². The first-order chi connectivity index (χ1) is 16.7. The van der Waals surface area contributed by atoms with Crippen molar-refractivity contribution in [3.8, 4) is 22.8 Å². The SMILES string of the molecule is O=C(CC1CCNCC1)Nc1cncc(-c2cc3c(-c4nc5ncccc5[nH]4)n[nH]c3cn2)c1. The molecule has 10 heteroatoms. The van der Waals surface area contributed by atoms with Gasteiger partial charge in [-0.3, -0.25) is 19.9 Å². The first kappa shape index (κ1) is 20.4. The van der Waals surface area contributed by atoms with Gasteiger partial charge in [0.2, 0.25) is 5.91 Å². The van der Waals surface area contributed by atoms with Crippen LogP contribution in [-0.4, -0.2) is 54.1 Å². The zero-order chi connectivity index (χ0) is 22.9. The number of piperidine rings is 1. The number of anilines is 1. The van der Waals surface area contributed by atoms with Crippen molar-refractivity contribution in [2.75, 3.05) is 18.4 Å². The second kappa shape index (κ2) is 8.64. The van der Waals surface area contributed by atoms with E-state index in [9.17, 15) is 4.79 Å². The van der Waals surface area contributed by atoms with Gasteiger partial charge >= 0.3 is 0 Å². The van der Waals surface area contributed by atoms with E-state index in [1.54, 1.807) is 24.8 Å². The van der Waals surface area contributed by atoms with Crippen LogP contribution in [0.25, 0.3) is 44.8 Å². The molecule has 0 spiro atoms. The quantitative estimate of drug-likeness (QED) is 0.320. The van der Waals surface area contributed by atoms with Crippen molar-refractivity contribution in [2.24, 2.45) is 5.92 Å². The van der Waals surface area contributed by atoms with Crippen LogP contribution in [0.1, 0.15) is 19.3 Å². The predicted octanol–water partition coefficient (Wildman–Crippen LogP) is 3.29. The largest absolute Gasteiger partial charge is 0.335 e. The minimum absolute atomic E-state index is 0.0184. The van der Waals surface area contributed by atoms with E-state index in [1.165, 1.54) is 0 Å². The third-order valence-electron chi connectivity index (χ3n) is 6.18. The summed E-state index contributed by atoms with van der Waals surface area (Å²) < 4.78 is 0. The number of carbonyl (C=O) groups is 1. The Morgan fingerprint density at radius 1 is 1.09 bits per heavy atom. The lowest BCUT2D eigenvalue weighted by molar-refractivity contribution is -0.117. The molecule has 6 heterocycles. The molecular weight excluding hydrogens is 430 g/mol. The highest BCUT2D eigenvalue weighted by atomic mass is 16.1. The lowest BCUT2D eigenvalue weighted by Gasteiger charge is -2.21. The molecule has 5 aromatic rings. The van der Waals surface area contributed by atoms with Crippen molar-refractivity contribution in [3.05, 3.63) is 49.1 Å². The van der Waals surface area contributed by atoms with Crippen molar-refractivity contribution in [1.29, 1.82) is 0 Å². The number of amides is 1. The van der Waals surface area contributed by atoms with Gasteiger partial charge in [-0.2, -0.15) is 5.10 Å². The zero-order valence-corrected chi connectivity index (χ0v) is 18.4. The van der Waals surface area contributed by atoms with Crippen LogP contribution in [-0.2, 0) is 4.79 Å². The standard InChI is InChI=1S/C24H23N9O/c34-21(8-14-3-6-25-7-4-14)29-16-9-15(11-26-12-16)19-10-17-20(13-28-19)32-33-22(17)24-30-18-2-1-5-27-23(18)31-24/h1-2,5,9-14,25H,3-4,6-8H2,(H,29,34)(H,32,33)(H,27,30,31). The zero-order valence-electron chi connectivity index (χ0n) is 18.4. The summed E-state index contributed by atoms with van der Waals surface area (Å²) in [4.78, 5) is 33.6. The Bertz CT molecular complexity index is 1450. The molecule has 0 unspecified atom stereocenters. The Morgan fingerprint density at radius 3 is 2.88 bits per heavy atom. The monoisotopic (exact) mass is 453 g/mol. The van der Waals surface area contributed by atoms with Crippen molar-refractivity contribution in [1.82, 2.24) is 40.4 Å². The summed E-state index contributed by atoms with van der Waals surface area (Å²) in [5.74, 6) is 1.08. The topological polar surface area (TPSA) is 137 Å². The summed E-state index contributed by atoms with van der Waals surface area (Å²) in [5, 5.41) is 14.7. The lowest BCUT2D eigenvalue weighted by Crippen LogP contribution is -2.30. The smallest absolute Gasteiger partial charge is 0.224 e. The number of aromatic amines is 2. The molecule has 1 aliphatic heterocycles. The fraction of sp³-hybridized carbons (Fsp3) is 0.250. The maximum absolute atomic E-state index is 12.5. The maximum atomic E-state index is 12.5. The van der Waals surface area contributed by atoms with Crippen LogP contribution >= 0.6 is 0 Å². The molecule has 0 aromatic carbocycles. The second-order valence-corrected chi connectivity index (χ2v) is 8.56. The van der Waals surface area contributed by atoms with E-state index < -0.39 is 0 Å². The van der Waals surface area contributed by atoms with Crippen molar-refractivity contribution in [3.63, 3.8) is 0 Å². The van der Waals surface area contributed by atoms with Crippen molar-refractivity contribution >= 4 is 33.7 Å². The number of hydrogen-bond donors (Lipinski definition) is 4. The molecule has 0 bridgehead atoms. The van der Waals surface area contributed by atoms with E-state index in [1.807, 2.05) is 24.3 Å². The van der Waals surface area contributed by atoms with Gasteiger partial charge in [0.15, 0.2) is 11.5 Å². The van der Waals surface area contributed by atoms with E-state index in [0.717, 1.165) is 53.6 Å². The van der Waals surface area contributed by atoms with E-state index in [4.69, 9.17) is 0 Å². The Kier molecular flexibility index (Phi) is 5.19. The van der Waals surface area contributed by atoms with Gasteiger partial charge in [0.1, 0.15) is 5.69 Å². The van der Waals surface area contributed by atoms with Crippen LogP contribution in [0.4, 0.5) is 5.69 Å². The molecule has 0 radical (unpaired) electrons. The van der Waals surface area contributed by atoms with Crippen LogP contribution in [0.5, 0.6) is 0 Å². The minimum Gasteiger partial charge on any atom is -0.335 e. The number of aromatic nitrogens is 7. The van der Waals surface area contributed by atoms with Crippen LogP contribution in [0, 0.1) is 5.92 Å². The lowest BCUT2D eigenvalue weighted by atomic mass is 9.94. The van der Waals surface area contributed by atoms with Crippen LogP contribution in [0.15, 0.2) is 49.1 Å². The average Bonchev–Trinajstić information content (AvgIpc) is 3.48. The number of pyridine rings is 3. The normalized spacial score (nSPS) is 14.6. The Hall–Kier alpha value is -4.18. The summed E-state index contributed by atoms with van der Waals surface area (Å²) in [7, 11) is 0. The summed E-state index contributed by atoms with van der Waals surface area (Å²) in [6.45, 7) is 1.95. The summed E-state index contributed by atoms with van der Waals surface area (Å²) in [5.41, 5.74) is 5.17. The molecule has 6 rings (SSSR count). The van der Waals surface area contributed by atoms with Gasteiger partial charge in [0.25, 0.3) is 0 Å². The molecule has 4 N–H and O–H groups in total. The predicted molar refractivity (Wildman–Crippen MR) is 129 cm³/mol. The van der Waals surface area contributed by atoms with Gasteiger partial charge in [-0.15, -0.1) is 0 Å². The molecule has 1 aliphatic rings. The Labute approximate surface area is 194 Å². The average molecular weight is 454 g/mol. The summed E-state index contributed by atoms with van der Waals surface area (Å²) in [6.07, 6.45) is 9.44. The molecule has 34 heavy (non-hydrogen) atoms. The van der Waals surface area contributed by atoms with E-state index in [-0.39, 0.29) is 5.91 Å². The molecular formula is C24H23N9O. The number of fused-ring (bicyclic) bond motifs is 2. The first-order valence-electron chi connectivity index (χ1n) is 11.3. The molecule has 5 aromatic heterocycles. The first-order valence-corrected chi connectivity index (χ1v) is 11.3. The molecule has 0 saturated carbocycles. The highest BCUT2D eigenvalue weighted by molar-refractivity contribution is 5.95. The molecule has 170 valence electrons. The van der Waals surface area contributed by atoms with Gasteiger partial charge < -0.3 is 15.6 Å². The highest BCUT2D eigenvalue weighted by Crippen LogP contribution is 2.29. The summed E-state index contributed by atoms with van der Waals surface area (Å²) >= 11 is 0. The molecule has 1 fully saturated rings. The highest BCUT2D eigenvalue weighted by Gasteiger charge is 2.18. The number of H-pyrrole nitrogens is 2.